The van der Waals surface area contributed by atoms with Gasteiger partial charge in [-0.25, -0.2) is 15.2 Å². The zero-order valence-corrected chi connectivity index (χ0v) is 11.0. The van der Waals surface area contributed by atoms with E-state index in [1.54, 1.807) is 6.92 Å². The molecule has 0 saturated carbocycles. The summed E-state index contributed by atoms with van der Waals surface area (Å²) in [6.45, 7) is 1.81. The third-order valence-corrected chi connectivity index (χ3v) is 3.28. The van der Waals surface area contributed by atoms with E-state index >= 15 is 0 Å². The average molecular weight is 281 g/mol. The number of hydrogen-bond acceptors (Lipinski definition) is 5. The maximum Gasteiger partial charge on any atom is 0.265 e. The second-order valence-electron chi connectivity index (χ2n) is 3.82. The molecule has 2 rings (SSSR count). The van der Waals surface area contributed by atoms with Gasteiger partial charge in [0.25, 0.3) is 11.1 Å². The molecule has 0 spiro atoms. The van der Waals surface area contributed by atoms with Gasteiger partial charge in [-0.3, -0.25) is 10.2 Å². The number of hydrogen-bond donors (Lipinski definition) is 2. The first-order chi connectivity index (χ1) is 9.10. The molecule has 0 aliphatic carbocycles. The van der Waals surface area contributed by atoms with Crippen molar-refractivity contribution in [2.75, 3.05) is 0 Å². The minimum absolute atomic E-state index is 0.308. The zero-order valence-electron chi connectivity index (χ0n) is 10.1. The second-order valence-corrected chi connectivity index (χ2v) is 4.75. The summed E-state index contributed by atoms with van der Waals surface area (Å²) < 4.78 is 18.8. The molecule has 0 atom stereocenters. The van der Waals surface area contributed by atoms with Gasteiger partial charge in [-0.05, 0) is 30.7 Å². The van der Waals surface area contributed by atoms with Crippen LogP contribution in [-0.4, -0.2) is 10.9 Å². The van der Waals surface area contributed by atoms with Crippen LogP contribution < -0.4 is 11.3 Å². The van der Waals surface area contributed by atoms with Crippen LogP contribution in [0.2, 0.25) is 0 Å². The van der Waals surface area contributed by atoms with Crippen molar-refractivity contribution in [2.45, 2.75) is 17.9 Å². The Hall–Kier alpha value is -1.86. The van der Waals surface area contributed by atoms with E-state index in [0.717, 1.165) is 5.69 Å². The Kier molecular flexibility index (Phi) is 4.18. The van der Waals surface area contributed by atoms with E-state index < -0.39 is 5.91 Å². The molecule has 0 radical (unpaired) electrons. The van der Waals surface area contributed by atoms with Gasteiger partial charge in [-0.1, -0.05) is 11.8 Å². The Morgan fingerprint density at radius 2 is 2.37 bits per heavy atom. The van der Waals surface area contributed by atoms with Gasteiger partial charge in [-0.15, -0.1) is 0 Å². The van der Waals surface area contributed by atoms with Crippen LogP contribution >= 0.6 is 11.8 Å². The number of aromatic nitrogens is 1. The highest BCUT2D eigenvalue weighted by Crippen LogP contribution is 2.24. The number of hydrazine groups is 1. The zero-order chi connectivity index (χ0) is 13.8. The van der Waals surface area contributed by atoms with Crippen molar-refractivity contribution in [2.24, 2.45) is 5.84 Å². The van der Waals surface area contributed by atoms with Crippen molar-refractivity contribution in [1.29, 1.82) is 0 Å². The van der Waals surface area contributed by atoms with Gasteiger partial charge in [0.15, 0.2) is 0 Å². The van der Waals surface area contributed by atoms with Gasteiger partial charge in [-0.2, -0.15) is 0 Å². The molecule has 1 aromatic carbocycles. The molecular formula is C12H12FN3O2S. The Balaban J connectivity index is 2.12. The largest absolute Gasteiger partial charge is 0.440 e. The summed E-state index contributed by atoms with van der Waals surface area (Å²) in [5.41, 5.74) is 3.47. The normalized spacial score (nSPS) is 10.5. The molecule has 100 valence electrons. The molecule has 5 nitrogen and oxygen atoms in total. The summed E-state index contributed by atoms with van der Waals surface area (Å²) in [7, 11) is 0. The number of oxazole rings is 1. The minimum Gasteiger partial charge on any atom is -0.440 e. The SMILES string of the molecule is Cc1coc(SCc2cc(C(=O)NN)ccc2F)n1. The number of benzene rings is 1. The fourth-order valence-corrected chi connectivity index (χ4v) is 2.27. The first kappa shape index (κ1) is 13.6. The third-order valence-electron chi connectivity index (χ3n) is 2.39. The summed E-state index contributed by atoms with van der Waals surface area (Å²) in [5.74, 6) is 4.51. The van der Waals surface area contributed by atoms with E-state index in [2.05, 4.69) is 4.98 Å². The van der Waals surface area contributed by atoms with Crippen molar-refractivity contribution in [3.05, 3.63) is 47.1 Å². The van der Waals surface area contributed by atoms with Crippen LogP contribution in [0.15, 0.2) is 34.1 Å². The van der Waals surface area contributed by atoms with Gasteiger partial charge in [0.1, 0.15) is 12.1 Å². The minimum atomic E-state index is -0.460. The van der Waals surface area contributed by atoms with Crippen LogP contribution in [0, 0.1) is 12.7 Å². The fraction of sp³-hybridized carbons (Fsp3) is 0.167. The van der Waals surface area contributed by atoms with Crippen LogP contribution in [-0.2, 0) is 5.75 Å². The molecule has 0 bridgehead atoms. The molecule has 19 heavy (non-hydrogen) atoms. The number of nitrogen functional groups attached to an aromatic ring is 1. The molecule has 7 heteroatoms. The molecule has 1 amide bonds. The van der Waals surface area contributed by atoms with E-state index in [9.17, 15) is 9.18 Å². The number of carbonyl (C=O) groups excluding carboxylic acids is 1. The number of thioether (sulfide) groups is 1. The smallest absolute Gasteiger partial charge is 0.265 e. The van der Waals surface area contributed by atoms with Gasteiger partial charge in [0.05, 0.1) is 5.69 Å². The van der Waals surface area contributed by atoms with Gasteiger partial charge >= 0.3 is 0 Å². The second kappa shape index (κ2) is 5.85. The van der Waals surface area contributed by atoms with Gasteiger partial charge in [0.2, 0.25) is 0 Å². The van der Waals surface area contributed by atoms with Gasteiger partial charge < -0.3 is 4.42 Å². The maximum atomic E-state index is 13.6. The first-order valence-corrected chi connectivity index (χ1v) is 6.43. The van der Waals surface area contributed by atoms with E-state index in [1.807, 2.05) is 5.43 Å². The lowest BCUT2D eigenvalue weighted by atomic mass is 10.1. The third kappa shape index (κ3) is 3.33. The Morgan fingerprint density at radius 1 is 1.58 bits per heavy atom. The topological polar surface area (TPSA) is 81.2 Å². The van der Waals surface area contributed by atoms with Crippen LogP contribution in [0.1, 0.15) is 21.6 Å². The number of nitrogens with one attached hydrogen (secondary N) is 1. The quantitative estimate of drug-likeness (QED) is 0.388. The summed E-state index contributed by atoms with van der Waals surface area (Å²) in [6.07, 6.45) is 1.52. The molecule has 1 aromatic heterocycles. The molecule has 0 aliphatic heterocycles. The van der Waals surface area contributed by atoms with Gasteiger partial charge in [0, 0.05) is 11.3 Å². The van der Waals surface area contributed by atoms with Crippen molar-refractivity contribution < 1.29 is 13.6 Å². The highest BCUT2D eigenvalue weighted by Gasteiger charge is 2.10. The summed E-state index contributed by atoms with van der Waals surface area (Å²) in [5, 5.41) is 0.463. The average Bonchev–Trinajstić information content (AvgIpc) is 2.82. The number of halogens is 1. The highest BCUT2D eigenvalue weighted by atomic mass is 32.2. The molecule has 0 unspecified atom stereocenters. The molecule has 3 N–H and O–H groups in total. The first-order valence-electron chi connectivity index (χ1n) is 5.44. The molecule has 1 heterocycles. The van der Waals surface area contributed by atoms with Crippen molar-refractivity contribution in [3.8, 4) is 0 Å². The monoisotopic (exact) mass is 281 g/mol. The van der Waals surface area contributed by atoms with E-state index in [4.69, 9.17) is 10.3 Å². The fourth-order valence-electron chi connectivity index (χ4n) is 1.45. The number of rotatable bonds is 4. The molecular weight excluding hydrogens is 269 g/mol. The van der Waals surface area contributed by atoms with E-state index in [0.29, 0.717) is 22.1 Å². The molecule has 0 aliphatic rings. The Labute approximate surface area is 113 Å². The van der Waals surface area contributed by atoms with Crippen LogP contribution in [0.5, 0.6) is 0 Å². The predicted octanol–water partition coefficient (Wildman–Crippen LogP) is 2.02. The summed E-state index contributed by atoms with van der Waals surface area (Å²) in [6, 6.07) is 4.07. The van der Waals surface area contributed by atoms with E-state index in [-0.39, 0.29) is 5.82 Å². The lowest BCUT2D eigenvalue weighted by Crippen LogP contribution is -2.30. The Morgan fingerprint density at radius 3 is 3.00 bits per heavy atom. The molecule has 0 saturated heterocycles. The summed E-state index contributed by atoms with van der Waals surface area (Å²) in [4.78, 5) is 15.5. The highest BCUT2D eigenvalue weighted by molar-refractivity contribution is 7.98. The lowest BCUT2D eigenvalue weighted by Gasteiger charge is -2.04. The predicted molar refractivity (Wildman–Crippen MR) is 68.9 cm³/mol. The molecule has 2 aromatic rings. The van der Waals surface area contributed by atoms with Crippen molar-refractivity contribution >= 4 is 17.7 Å². The van der Waals surface area contributed by atoms with E-state index in [1.165, 1.54) is 36.2 Å². The standard InChI is InChI=1S/C12H12FN3O2S/c1-7-5-18-12(15-7)19-6-9-4-8(11(17)16-14)2-3-10(9)13/h2-5H,6,14H2,1H3,(H,16,17). The van der Waals surface area contributed by atoms with Crippen LogP contribution in [0.3, 0.4) is 0 Å². The number of nitrogens with zero attached hydrogens (tertiary/aromatic N) is 1. The number of nitrogens with two attached hydrogens (primary N) is 1. The Bertz CT molecular complexity index is 600. The lowest BCUT2D eigenvalue weighted by molar-refractivity contribution is 0.0953. The van der Waals surface area contributed by atoms with Crippen LogP contribution in [0.25, 0.3) is 0 Å². The number of amides is 1. The number of aryl methyl sites for hydroxylation is 1. The molecule has 0 fully saturated rings. The maximum absolute atomic E-state index is 13.6. The van der Waals surface area contributed by atoms with Crippen LogP contribution in [0.4, 0.5) is 4.39 Å². The summed E-state index contributed by atoms with van der Waals surface area (Å²) >= 11 is 1.26. The van der Waals surface area contributed by atoms with Crippen molar-refractivity contribution in [3.63, 3.8) is 0 Å². The number of carbonyl (C=O) groups is 1. The van der Waals surface area contributed by atoms with Crippen molar-refractivity contribution in [1.82, 2.24) is 10.4 Å².